The van der Waals surface area contributed by atoms with Gasteiger partial charge in [0.25, 0.3) is 11.5 Å². The molecule has 0 unspecified atom stereocenters. The number of hydrogen-bond donors (Lipinski definition) is 2. The molecule has 0 aliphatic heterocycles. The molecule has 21 heavy (non-hydrogen) atoms. The molecular weight excluding hydrogens is 290 g/mol. The average molecular weight is 301 g/mol. The van der Waals surface area contributed by atoms with E-state index in [1.807, 2.05) is 0 Å². The molecule has 0 fully saturated rings. The number of carbonyl (C=O) groups excluding carboxylic acids is 1. The van der Waals surface area contributed by atoms with E-state index in [1.54, 1.807) is 35.8 Å². The first-order chi connectivity index (χ1) is 10.1. The number of thiazole rings is 1. The summed E-state index contributed by atoms with van der Waals surface area (Å²) in [4.78, 5) is 28.5. The van der Waals surface area contributed by atoms with Gasteiger partial charge in [0, 0.05) is 29.4 Å². The van der Waals surface area contributed by atoms with Gasteiger partial charge in [-0.3, -0.25) is 19.5 Å². The molecule has 2 heterocycles. The van der Waals surface area contributed by atoms with E-state index in [0.29, 0.717) is 15.9 Å². The first kappa shape index (κ1) is 13.3. The van der Waals surface area contributed by atoms with Crippen LogP contribution in [0.25, 0.3) is 10.8 Å². The minimum absolute atomic E-state index is 0.0582. The third kappa shape index (κ3) is 2.17. The first-order valence-electron chi connectivity index (χ1n) is 6.11. The maximum Gasteiger partial charge on any atom is 0.263 e. The van der Waals surface area contributed by atoms with Gasteiger partial charge in [-0.05, 0) is 6.07 Å². The molecule has 0 saturated heterocycles. The van der Waals surface area contributed by atoms with E-state index in [4.69, 9.17) is 0 Å². The third-order valence-electron chi connectivity index (χ3n) is 3.15. The van der Waals surface area contributed by atoms with Crippen molar-refractivity contribution >= 4 is 33.1 Å². The second kappa shape index (κ2) is 5.02. The monoisotopic (exact) mass is 301 g/mol. The van der Waals surface area contributed by atoms with Crippen LogP contribution >= 0.6 is 11.3 Å². The Kier molecular flexibility index (Phi) is 3.19. The van der Waals surface area contributed by atoms with Gasteiger partial charge in [-0.1, -0.05) is 18.2 Å². The molecule has 7 heteroatoms. The minimum atomic E-state index is -0.505. The number of benzene rings is 1. The van der Waals surface area contributed by atoms with Crippen molar-refractivity contribution in [2.45, 2.75) is 0 Å². The molecule has 6 nitrogen and oxygen atoms in total. The van der Waals surface area contributed by atoms with Crippen LogP contribution in [0.15, 0.2) is 40.6 Å². The highest BCUT2D eigenvalue weighted by Gasteiger charge is 2.20. The summed E-state index contributed by atoms with van der Waals surface area (Å²) in [5, 5.41) is 15.7. The summed E-state index contributed by atoms with van der Waals surface area (Å²) in [5.41, 5.74) is -0.295. The van der Waals surface area contributed by atoms with Crippen LogP contribution in [0.4, 0.5) is 5.13 Å². The lowest BCUT2D eigenvalue weighted by atomic mass is 10.1. The van der Waals surface area contributed by atoms with E-state index in [0.717, 1.165) is 4.57 Å². The molecule has 1 amide bonds. The lowest BCUT2D eigenvalue weighted by molar-refractivity contribution is 0.102. The number of aromatic hydroxyl groups is 1. The van der Waals surface area contributed by atoms with Crippen molar-refractivity contribution in [3.8, 4) is 5.88 Å². The Hall–Kier alpha value is -2.67. The molecule has 0 radical (unpaired) electrons. The maximum absolute atomic E-state index is 12.4. The van der Waals surface area contributed by atoms with E-state index >= 15 is 0 Å². The second-order valence-electron chi connectivity index (χ2n) is 4.40. The summed E-state index contributed by atoms with van der Waals surface area (Å²) in [5.74, 6) is -0.873. The molecule has 1 aromatic carbocycles. The standard InChI is InChI=1S/C14H11N3O3S/c1-17-12(19)9-5-3-2-4-8(9)10(13(17)20)11(18)16-14-15-6-7-21-14/h2-7,20H,1H3,(H,15,16,18). The Balaban J connectivity index is 2.22. The summed E-state index contributed by atoms with van der Waals surface area (Å²) >= 11 is 1.27. The van der Waals surface area contributed by atoms with E-state index in [-0.39, 0.29) is 17.0 Å². The van der Waals surface area contributed by atoms with Crippen LogP contribution in [0, 0.1) is 0 Å². The fourth-order valence-electron chi connectivity index (χ4n) is 2.12. The van der Waals surface area contributed by atoms with Crippen molar-refractivity contribution in [2.24, 2.45) is 7.05 Å². The number of pyridine rings is 1. The number of amides is 1. The zero-order valence-electron chi connectivity index (χ0n) is 11.0. The predicted octanol–water partition coefficient (Wildman–Crippen LogP) is 1.95. The van der Waals surface area contributed by atoms with Crippen LogP contribution in [0.3, 0.4) is 0 Å². The van der Waals surface area contributed by atoms with Crippen molar-refractivity contribution in [3.63, 3.8) is 0 Å². The van der Waals surface area contributed by atoms with E-state index in [2.05, 4.69) is 10.3 Å². The van der Waals surface area contributed by atoms with Crippen LogP contribution in [-0.2, 0) is 7.05 Å². The lowest BCUT2D eigenvalue weighted by Crippen LogP contribution is -2.22. The van der Waals surface area contributed by atoms with Crippen molar-refractivity contribution in [1.29, 1.82) is 0 Å². The zero-order chi connectivity index (χ0) is 15.0. The summed E-state index contributed by atoms with van der Waals surface area (Å²) in [7, 11) is 1.42. The van der Waals surface area contributed by atoms with Gasteiger partial charge in [0.2, 0.25) is 5.88 Å². The van der Waals surface area contributed by atoms with Gasteiger partial charge in [-0.2, -0.15) is 0 Å². The number of nitrogens with zero attached hydrogens (tertiary/aromatic N) is 2. The number of fused-ring (bicyclic) bond motifs is 1. The van der Waals surface area contributed by atoms with Crippen LogP contribution in [0.2, 0.25) is 0 Å². The number of carbonyl (C=O) groups is 1. The van der Waals surface area contributed by atoms with Crippen LogP contribution < -0.4 is 10.9 Å². The second-order valence-corrected chi connectivity index (χ2v) is 5.29. The molecule has 0 bridgehead atoms. The molecule has 0 saturated carbocycles. The Bertz CT molecular complexity index is 884. The summed E-state index contributed by atoms with van der Waals surface area (Å²) in [6.45, 7) is 0. The quantitative estimate of drug-likeness (QED) is 0.757. The number of aromatic nitrogens is 2. The molecule has 3 aromatic rings. The lowest BCUT2D eigenvalue weighted by Gasteiger charge is -2.11. The SMILES string of the molecule is Cn1c(O)c(C(=O)Nc2nccs2)c2ccccc2c1=O. The Morgan fingerprint density at radius 3 is 2.71 bits per heavy atom. The third-order valence-corrected chi connectivity index (χ3v) is 3.84. The normalized spacial score (nSPS) is 10.7. The molecule has 106 valence electrons. The van der Waals surface area contributed by atoms with Gasteiger partial charge in [0.1, 0.15) is 5.56 Å². The molecule has 0 spiro atoms. The zero-order valence-corrected chi connectivity index (χ0v) is 11.8. The van der Waals surface area contributed by atoms with Gasteiger partial charge in [-0.25, -0.2) is 4.98 Å². The largest absolute Gasteiger partial charge is 0.494 e. The highest BCUT2D eigenvalue weighted by atomic mass is 32.1. The van der Waals surface area contributed by atoms with Crippen LogP contribution in [0.1, 0.15) is 10.4 Å². The van der Waals surface area contributed by atoms with Crippen molar-refractivity contribution in [1.82, 2.24) is 9.55 Å². The molecule has 0 aliphatic rings. The predicted molar refractivity (Wildman–Crippen MR) is 80.9 cm³/mol. The number of nitrogens with one attached hydrogen (secondary N) is 1. The molecular formula is C14H11N3O3S. The Labute approximate surface area is 123 Å². The van der Waals surface area contributed by atoms with Crippen molar-refractivity contribution in [2.75, 3.05) is 5.32 Å². The fourth-order valence-corrected chi connectivity index (χ4v) is 2.65. The van der Waals surface area contributed by atoms with Crippen LogP contribution in [0.5, 0.6) is 5.88 Å². The smallest absolute Gasteiger partial charge is 0.263 e. The average Bonchev–Trinajstić information content (AvgIpc) is 2.98. The van der Waals surface area contributed by atoms with Gasteiger partial charge >= 0.3 is 0 Å². The highest BCUT2D eigenvalue weighted by Crippen LogP contribution is 2.25. The number of hydrogen-bond acceptors (Lipinski definition) is 5. The molecule has 2 N–H and O–H groups in total. The topological polar surface area (TPSA) is 84.2 Å². The van der Waals surface area contributed by atoms with Crippen molar-refractivity contribution in [3.05, 3.63) is 51.8 Å². The molecule has 0 aliphatic carbocycles. The molecule has 3 rings (SSSR count). The number of rotatable bonds is 2. The van der Waals surface area contributed by atoms with E-state index in [9.17, 15) is 14.7 Å². The Morgan fingerprint density at radius 1 is 1.33 bits per heavy atom. The van der Waals surface area contributed by atoms with Crippen LogP contribution in [-0.4, -0.2) is 20.6 Å². The molecule has 2 aromatic heterocycles. The first-order valence-corrected chi connectivity index (χ1v) is 6.99. The number of anilines is 1. The summed E-state index contributed by atoms with van der Waals surface area (Å²) < 4.78 is 1.05. The van der Waals surface area contributed by atoms with Crippen molar-refractivity contribution < 1.29 is 9.90 Å². The van der Waals surface area contributed by atoms with Gasteiger partial charge in [-0.15, -0.1) is 11.3 Å². The van der Waals surface area contributed by atoms with E-state index in [1.165, 1.54) is 18.4 Å². The van der Waals surface area contributed by atoms with E-state index < -0.39 is 5.91 Å². The Morgan fingerprint density at radius 2 is 2.05 bits per heavy atom. The maximum atomic E-state index is 12.4. The summed E-state index contributed by atoms with van der Waals surface area (Å²) in [6.07, 6.45) is 1.57. The van der Waals surface area contributed by atoms with Gasteiger partial charge < -0.3 is 5.11 Å². The minimum Gasteiger partial charge on any atom is -0.494 e. The fraction of sp³-hybridized carbons (Fsp3) is 0.0714. The van der Waals surface area contributed by atoms with Gasteiger partial charge in [0.05, 0.1) is 0 Å². The summed E-state index contributed by atoms with van der Waals surface area (Å²) in [6, 6.07) is 6.68. The highest BCUT2D eigenvalue weighted by molar-refractivity contribution is 7.13. The van der Waals surface area contributed by atoms with Gasteiger partial charge in [0.15, 0.2) is 5.13 Å². The molecule has 0 atom stereocenters.